The smallest absolute Gasteiger partial charge is 0.337 e. The second kappa shape index (κ2) is 8.58. The van der Waals surface area contributed by atoms with Gasteiger partial charge in [0.05, 0.1) is 24.8 Å². The van der Waals surface area contributed by atoms with Gasteiger partial charge in [-0.1, -0.05) is 30.3 Å². The topological polar surface area (TPSA) is 104 Å². The molecule has 0 bridgehead atoms. The maximum Gasteiger partial charge on any atom is 0.337 e. The average Bonchev–Trinajstić information content (AvgIpc) is 3.18. The summed E-state index contributed by atoms with van der Waals surface area (Å²) in [5, 5.41) is 5.42. The summed E-state index contributed by atoms with van der Waals surface area (Å²) in [6, 6.07) is 8.49. The van der Waals surface area contributed by atoms with Crippen LogP contribution in [-0.4, -0.2) is 55.0 Å². The van der Waals surface area contributed by atoms with Crippen molar-refractivity contribution in [2.75, 3.05) is 6.61 Å². The van der Waals surface area contributed by atoms with Gasteiger partial charge in [-0.2, -0.15) is 0 Å². The van der Waals surface area contributed by atoms with Gasteiger partial charge in [-0.15, -0.1) is 0 Å². The van der Waals surface area contributed by atoms with Crippen LogP contribution in [0.1, 0.15) is 33.3 Å². The number of allylic oxidation sites excluding steroid dienone is 1. The van der Waals surface area contributed by atoms with Crippen molar-refractivity contribution < 1.29 is 33.3 Å². The Balaban J connectivity index is 1.63. The lowest BCUT2D eigenvalue weighted by atomic mass is 9.93. The monoisotopic (exact) mass is 432 g/mol. The Morgan fingerprint density at radius 1 is 1.16 bits per heavy atom. The van der Waals surface area contributed by atoms with E-state index in [4.69, 9.17) is 23.7 Å². The van der Waals surface area contributed by atoms with Crippen molar-refractivity contribution >= 4 is 12.0 Å². The molecular formula is C22H28N2O7. The maximum atomic E-state index is 12.7. The van der Waals surface area contributed by atoms with Crippen LogP contribution in [0.25, 0.3) is 0 Å². The molecule has 0 radical (unpaired) electrons. The minimum atomic E-state index is -0.832. The summed E-state index contributed by atoms with van der Waals surface area (Å²) in [5.74, 6) is -1.36. The zero-order valence-electron chi connectivity index (χ0n) is 18.0. The normalized spacial score (nSPS) is 31.7. The number of amides is 2. The predicted molar refractivity (Wildman–Crippen MR) is 109 cm³/mol. The number of rotatable bonds is 6. The van der Waals surface area contributed by atoms with Gasteiger partial charge in [0.1, 0.15) is 18.3 Å². The molecule has 9 heteroatoms. The standard InChI is InChI=1S/C22H28N2O7/c1-5-27-19(25)14-12(2)23-21(26)24-15(14)16-17(28-11-13-9-7-6-8-10-13)18-20(29-16)31-22(3,4)30-18/h6-10,15-18,20H,5,11H2,1-4H3,(H2,23,24,26)/t15-,16-,17-,18-,20-/m1/s1. The highest BCUT2D eigenvalue weighted by atomic mass is 16.8. The number of hydrogen-bond donors (Lipinski definition) is 2. The molecule has 2 N–H and O–H groups in total. The molecule has 1 aromatic rings. The molecule has 1 aromatic carbocycles. The first kappa shape index (κ1) is 21.8. The van der Waals surface area contributed by atoms with Gasteiger partial charge in [0, 0.05) is 5.70 Å². The number of carbonyl (C=O) groups is 2. The number of benzene rings is 1. The van der Waals surface area contributed by atoms with Gasteiger partial charge in [0.25, 0.3) is 0 Å². The number of carbonyl (C=O) groups excluding carboxylic acids is 2. The van der Waals surface area contributed by atoms with Crippen LogP contribution in [0.4, 0.5) is 4.79 Å². The summed E-state index contributed by atoms with van der Waals surface area (Å²) in [4.78, 5) is 24.9. The van der Waals surface area contributed by atoms with E-state index in [1.165, 1.54) is 0 Å². The van der Waals surface area contributed by atoms with Crippen molar-refractivity contribution in [3.05, 3.63) is 47.2 Å². The Bertz CT molecular complexity index is 870. The Labute approximate surface area is 181 Å². The van der Waals surface area contributed by atoms with Crippen molar-refractivity contribution in [2.24, 2.45) is 0 Å². The van der Waals surface area contributed by atoms with E-state index in [1.807, 2.05) is 30.3 Å². The molecule has 2 fully saturated rings. The van der Waals surface area contributed by atoms with Crippen LogP contribution in [0, 0.1) is 0 Å². The van der Waals surface area contributed by atoms with E-state index in [2.05, 4.69) is 10.6 Å². The van der Waals surface area contributed by atoms with E-state index < -0.39 is 48.4 Å². The first-order valence-corrected chi connectivity index (χ1v) is 10.4. The molecule has 168 valence electrons. The van der Waals surface area contributed by atoms with Crippen molar-refractivity contribution in [1.29, 1.82) is 0 Å². The molecule has 0 unspecified atom stereocenters. The fourth-order valence-electron chi connectivity index (χ4n) is 4.18. The second-order valence-corrected chi connectivity index (χ2v) is 8.17. The molecule has 0 spiro atoms. The molecule has 31 heavy (non-hydrogen) atoms. The van der Waals surface area contributed by atoms with Crippen molar-refractivity contribution in [1.82, 2.24) is 10.6 Å². The third-order valence-electron chi connectivity index (χ3n) is 5.44. The Morgan fingerprint density at radius 3 is 2.61 bits per heavy atom. The predicted octanol–water partition coefficient (Wildman–Crippen LogP) is 1.97. The zero-order valence-corrected chi connectivity index (χ0v) is 18.0. The van der Waals surface area contributed by atoms with E-state index in [9.17, 15) is 9.59 Å². The molecule has 4 rings (SSSR count). The number of nitrogens with one attached hydrogen (secondary N) is 2. The first-order chi connectivity index (χ1) is 14.8. The molecule has 0 saturated carbocycles. The van der Waals surface area contributed by atoms with Crippen LogP contribution < -0.4 is 10.6 Å². The molecule has 0 aromatic heterocycles. The quantitative estimate of drug-likeness (QED) is 0.662. The van der Waals surface area contributed by atoms with E-state index in [0.29, 0.717) is 17.9 Å². The summed E-state index contributed by atoms with van der Waals surface area (Å²) in [5.41, 5.74) is 1.69. The zero-order chi connectivity index (χ0) is 22.2. The lowest BCUT2D eigenvalue weighted by Crippen LogP contribution is -2.58. The van der Waals surface area contributed by atoms with E-state index in [-0.39, 0.29) is 6.61 Å². The number of fused-ring (bicyclic) bond motifs is 1. The second-order valence-electron chi connectivity index (χ2n) is 8.17. The number of ether oxygens (including phenoxy) is 5. The molecule has 5 atom stereocenters. The van der Waals surface area contributed by atoms with Gasteiger partial charge in [-0.05, 0) is 33.3 Å². The highest BCUT2D eigenvalue weighted by Gasteiger charge is 2.58. The fraction of sp³-hybridized carbons (Fsp3) is 0.545. The highest BCUT2D eigenvalue weighted by Crippen LogP contribution is 2.41. The molecule has 3 aliphatic heterocycles. The van der Waals surface area contributed by atoms with Gasteiger partial charge in [-0.25, -0.2) is 9.59 Å². The van der Waals surface area contributed by atoms with Gasteiger partial charge < -0.3 is 34.3 Å². The van der Waals surface area contributed by atoms with Gasteiger partial charge >= 0.3 is 12.0 Å². The van der Waals surface area contributed by atoms with E-state index in [0.717, 1.165) is 5.56 Å². The molecule has 3 aliphatic rings. The molecule has 9 nitrogen and oxygen atoms in total. The third kappa shape index (κ3) is 4.45. The van der Waals surface area contributed by atoms with Gasteiger partial charge in [0.15, 0.2) is 12.1 Å². The van der Waals surface area contributed by atoms with Crippen molar-refractivity contribution in [3.8, 4) is 0 Å². The summed E-state index contributed by atoms with van der Waals surface area (Å²) in [6.07, 6.45) is -2.50. The van der Waals surface area contributed by atoms with Crippen molar-refractivity contribution in [2.45, 2.75) is 70.7 Å². The summed E-state index contributed by atoms with van der Waals surface area (Å²) in [6.45, 7) is 7.51. The molecule has 2 saturated heterocycles. The van der Waals surface area contributed by atoms with Gasteiger partial charge in [0.2, 0.25) is 0 Å². The average molecular weight is 432 g/mol. The number of urea groups is 1. The summed E-state index contributed by atoms with van der Waals surface area (Å²) >= 11 is 0. The fourth-order valence-corrected chi connectivity index (χ4v) is 4.18. The van der Waals surface area contributed by atoms with E-state index in [1.54, 1.807) is 27.7 Å². The number of hydrogen-bond acceptors (Lipinski definition) is 7. The molecule has 0 aliphatic carbocycles. The summed E-state index contributed by atoms with van der Waals surface area (Å²) in [7, 11) is 0. The van der Waals surface area contributed by atoms with Gasteiger partial charge in [-0.3, -0.25) is 0 Å². The first-order valence-electron chi connectivity index (χ1n) is 10.4. The third-order valence-corrected chi connectivity index (χ3v) is 5.44. The van der Waals surface area contributed by atoms with Crippen LogP contribution in [0.2, 0.25) is 0 Å². The highest BCUT2D eigenvalue weighted by molar-refractivity contribution is 5.94. The largest absolute Gasteiger partial charge is 0.463 e. The lowest BCUT2D eigenvalue weighted by Gasteiger charge is -2.35. The number of esters is 1. The van der Waals surface area contributed by atoms with Crippen molar-refractivity contribution in [3.63, 3.8) is 0 Å². The molecule has 2 amide bonds. The van der Waals surface area contributed by atoms with Crippen LogP contribution in [0.3, 0.4) is 0 Å². The Kier molecular flexibility index (Phi) is 6.02. The Morgan fingerprint density at radius 2 is 1.90 bits per heavy atom. The molecule has 3 heterocycles. The Hall–Kier alpha value is -2.46. The molecular weight excluding hydrogens is 404 g/mol. The minimum Gasteiger partial charge on any atom is -0.463 e. The SMILES string of the molecule is CCOC(=O)C1=C(C)NC(=O)N[C@H]1[C@H]1O[C@@H]2OC(C)(C)O[C@@H]2[C@@H]1OCc1ccccc1. The minimum absolute atomic E-state index is 0.210. The van der Waals surface area contributed by atoms with Crippen LogP contribution in [0.5, 0.6) is 0 Å². The lowest BCUT2D eigenvalue weighted by molar-refractivity contribution is -0.221. The summed E-state index contributed by atoms with van der Waals surface area (Å²) < 4.78 is 29.6. The van der Waals surface area contributed by atoms with E-state index >= 15 is 0 Å². The van der Waals surface area contributed by atoms with Crippen LogP contribution in [0.15, 0.2) is 41.6 Å². The maximum absolute atomic E-state index is 12.7. The van der Waals surface area contributed by atoms with Crippen LogP contribution in [-0.2, 0) is 35.1 Å². The van der Waals surface area contributed by atoms with Crippen LogP contribution >= 0.6 is 0 Å².